The van der Waals surface area contributed by atoms with Crippen LogP contribution >= 0.6 is 0 Å². The molecule has 5 saturated carbocycles. The van der Waals surface area contributed by atoms with Crippen molar-refractivity contribution in [2.45, 2.75) is 67.1 Å². The van der Waals surface area contributed by atoms with Crippen LogP contribution in [-0.2, 0) is 23.7 Å². The maximum Gasteiger partial charge on any atom is 0.317 e. The normalized spacial score (nSPS) is 68.4. The van der Waals surface area contributed by atoms with E-state index >= 15 is 0 Å². The molecule has 7 bridgehead atoms. The van der Waals surface area contributed by atoms with E-state index in [9.17, 15) is 25.2 Å². The van der Waals surface area contributed by atoms with Gasteiger partial charge in [-0.25, -0.2) is 0 Å². The molecule has 9 heteroatoms. The Morgan fingerprint density at radius 3 is 2.60 bits per heavy atom. The highest BCUT2D eigenvalue weighted by atomic mass is 16.7. The number of carbonyl (C=O) groups is 1. The van der Waals surface area contributed by atoms with Crippen LogP contribution in [-0.4, -0.2) is 88.6 Å². The average Bonchev–Trinajstić information content (AvgIpc) is 3.16. The Morgan fingerprint density at radius 2 is 1.90 bits per heavy atom. The van der Waals surface area contributed by atoms with Crippen LogP contribution in [0.3, 0.4) is 0 Å². The maximum atomic E-state index is 13.3. The van der Waals surface area contributed by atoms with E-state index in [2.05, 4.69) is 0 Å². The van der Waals surface area contributed by atoms with Gasteiger partial charge in [-0.15, -0.1) is 0 Å². The molecule has 9 nitrogen and oxygen atoms in total. The number of hydrogen-bond acceptors (Lipinski definition) is 9. The molecule has 8 rings (SSSR count). The van der Waals surface area contributed by atoms with Crippen molar-refractivity contribution in [3.63, 3.8) is 0 Å². The first-order chi connectivity index (χ1) is 14.2. The minimum Gasteiger partial charge on any atom is -0.461 e. The number of ether oxygens (including phenoxy) is 4. The summed E-state index contributed by atoms with van der Waals surface area (Å²) in [6, 6.07) is 0. The molecule has 0 unspecified atom stereocenters. The Bertz CT molecular complexity index is 865. The number of carbonyl (C=O) groups excluding carboxylic acids is 1. The smallest absolute Gasteiger partial charge is 0.317 e. The van der Waals surface area contributed by atoms with Crippen LogP contribution in [0.2, 0.25) is 0 Å². The second-order valence-corrected chi connectivity index (χ2v) is 10.9. The Kier molecular flexibility index (Phi) is 3.06. The summed E-state index contributed by atoms with van der Waals surface area (Å²) in [5, 5.41) is 46.9. The van der Waals surface area contributed by atoms with Gasteiger partial charge in [0.2, 0.25) is 0 Å². The molecule has 5 aliphatic carbocycles. The summed E-state index contributed by atoms with van der Waals surface area (Å²) >= 11 is 0. The quantitative estimate of drug-likeness (QED) is 0.401. The molecule has 166 valence electrons. The number of fused-ring (bicyclic) bond motifs is 4. The van der Waals surface area contributed by atoms with Gasteiger partial charge in [0.1, 0.15) is 17.1 Å². The van der Waals surface area contributed by atoms with Crippen molar-refractivity contribution in [2.24, 2.45) is 34.5 Å². The molecule has 3 saturated heterocycles. The lowest BCUT2D eigenvalue weighted by Crippen LogP contribution is -2.79. The third-order valence-electron chi connectivity index (χ3n) is 10.5. The Hall–Kier alpha value is -0.810. The molecule has 30 heavy (non-hydrogen) atoms. The van der Waals surface area contributed by atoms with Crippen molar-refractivity contribution in [3.05, 3.63) is 0 Å². The molecule has 0 radical (unpaired) electrons. The fraction of sp³-hybridized carbons (Fsp3) is 0.952. The number of methoxy groups -OCH3 is 2. The largest absolute Gasteiger partial charge is 0.461 e. The third-order valence-corrected chi connectivity index (χ3v) is 10.5. The molecule has 4 N–H and O–H groups in total. The van der Waals surface area contributed by atoms with E-state index in [1.165, 1.54) is 14.2 Å². The second kappa shape index (κ2) is 4.90. The van der Waals surface area contributed by atoms with Crippen LogP contribution in [0.5, 0.6) is 0 Å². The van der Waals surface area contributed by atoms with Crippen LogP contribution < -0.4 is 0 Å². The Balaban J connectivity index is 1.52. The van der Waals surface area contributed by atoms with Crippen LogP contribution in [0.4, 0.5) is 0 Å². The predicted molar refractivity (Wildman–Crippen MR) is 95.6 cm³/mol. The molecule has 8 fully saturated rings. The minimum absolute atomic E-state index is 0.0351. The molecular formula is C21H28O9. The summed E-state index contributed by atoms with van der Waals surface area (Å²) in [5.41, 5.74) is -5.07. The van der Waals surface area contributed by atoms with Crippen molar-refractivity contribution in [1.29, 1.82) is 0 Å². The Labute approximate surface area is 173 Å². The van der Waals surface area contributed by atoms with Crippen LogP contribution in [0.25, 0.3) is 0 Å². The van der Waals surface area contributed by atoms with Gasteiger partial charge in [0.25, 0.3) is 0 Å². The number of aliphatic hydroxyl groups excluding tert-OH is 1. The zero-order valence-electron chi connectivity index (χ0n) is 17.0. The third kappa shape index (κ3) is 1.41. The fourth-order valence-corrected chi connectivity index (χ4v) is 9.92. The number of esters is 1. The lowest BCUT2D eigenvalue weighted by molar-refractivity contribution is -0.431. The molecular weight excluding hydrogens is 396 g/mol. The predicted octanol–water partition coefficient (Wildman–Crippen LogP) is -1.45. The van der Waals surface area contributed by atoms with E-state index in [4.69, 9.17) is 18.9 Å². The van der Waals surface area contributed by atoms with Crippen molar-refractivity contribution < 1.29 is 44.2 Å². The van der Waals surface area contributed by atoms with E-state index < -0.39 is 81.9 Å². The van der Waals surface area contributed by atoms with Crippen molar-refractivity contribution in [2.75, 3.05) is 20.8 Å². The molecule has 8 aliphatic rings. The van der Waals surface area contributed by atoms with Gasteiger partial charge >= 0.3 is 5.97 Å². The standard InChI is InChI=1S/C21H28O9/c1-27-7-17-9-3-4-18-8-5-19(24)10(28-2)6-20(25,11(8)15(19)22)14(21(18,26)30-9)12(13(17)18)29-16(17)23/h8-15,22,24-26H,3-7H2,1-2H3/t8-,9-,10+,11-,12-,13-,14-,15-,17-,18+,19+,20-,21-/m1/s1. The van der Waals surface area contributed by atoms with Gasteiger partial charge in [0.15, 0.2) is 5.79 Å². The lowest BCUT2D eigenvalue weighted by atomic mass is 9.43. The van der Waals surface area contributed by atoms with Gasteiger partial charge in [-0.05, 0) is 25.2 Å². The number of rotatable bonds is 3. The second-order valence-electron chi connectivity index (χ2n) is 10.9. The van der Waals surface area contributed by atoms with Crippen LogP contribution in [0.15, 0.2) is 0 Å². The van der Waals surface area contributed by atoms with Crippen LogP contribution in [0, 0.1) is 34.5 Å². The first-order valence-electron chi connectivity index (χ1n) is 10.9. The van der Waals surface area contributed by atoms with Gasteiger partial charge in [0, 0.05) is 37.9 Å². The number of aliphatic hydroxyl groups is 4. The SMILES string of the molecule is COC[C@]12C(=O)O[C@@H]3[C@H]1[C@@]14CC[C@H]2O[C@]1(O)[C@H]3[C@@]1(O)C[C@H](OC)[C@@]2(O)C[C@@H]4[C@@H]1[C@H]2O. The maximum absolute atomic E-state index is 13.3. The van der Waals surface area contributed by atoms with E-state index in [0.29, 0.717) is 12.8 Å². The van der Waals surface area contributed by atoms with E-state index in [1.54, 1.807) is 0 Å². The molecule has 0 aromatic heterocycles. The zero-order valence-corrected chi connectivity index (χ0v) is 17.0. The molecule has 1 spiro atoms. The zero-order chi connectivity index (χ0) is 21.1. The van der Waals surface area contributed by atoms with E-state index in [-0.39, 0.29) is 19.4 Å². The van der Waals surface area contributed by atoms with Gasteiger partial charge in [-0.3, -0.25) is 4.79 Å². The lowest BCUT2D eigenvalue weighted by Gasteiger charge is -2.68. The highest BCUT2D eigenvalue weighted by Crippen LogP contribution is 2.84. The summed E-state index contributed by atoms with van der Waals surface area (Å²) < 4.78 is 23.3. The Morgan fingerprint density at radius 1 is 1.13 bits per heavy atom. The van der Waals surface area contributed by atoms with Crippen molar-refractivity contribution in [1.82, 2.24) is 0 Å². The molecule has 0 aromatic rings. The molecule has 0 aromatic carbocycles. The van der Waals surface area contributed by atoms with Gasteiger partial charge in [-0.2, -0.15) is 0 Å². The summed E-state index contributed by atoms with van der Waals surface area (Å²) in [6.07, 6.45) is -1.92. The summed E-state index contributed by atoms with van der Waals surface area (Å²) in [7, 11) is 2.98. The molecule has 0 amide bonds. The molecule has 13 atom stereocenters. The monoisotopic (exact) mass is 424 g/mol. The highest BCUT2D eigenvalue weighted by molar-refractivity contribution is 5.83. The van der Waals surface area contributed by atoms with Crippen molar-refractivity contribution in [3.8, 4) is 0 Å². The van der Waals surface area contributed by atoms with E-state index in [0.717, 1.165) is 0 Å². The van der Waals surface area contributed by atoms with E-state index in [1.807, 2.05) is 0 Å². The summed E-state index contributed by atoms with van der Waals surface area (Å²) in [4.78, 5) is 13.3. The summed E-state index contributed by atoms with van der Waals surface area (Å²) in [6.45, 7) is 0.117. The topological polar surface area (TPSA) is 135 Å². The first-order valence-corrected chi connectivity index (χ1v) is 10.9. The van der Waals surface area contributed by atoms with Crippen molar-refractivity contribution >= 4 is 5.97 Å². The number of hydrogen-bond donors (Lipinski definition) is 4. The van der Waals surface area contributed by atoms with Crippen LogP contribution in [0.1, 0.15) is 25.7 Å². The summed E-state index contributed by atoms with van der Waals surface area (Å²) in [5.74, 6) is -4.48. The fourth-order valence-electron chi connectivity index (χ4n) is 9.92. The molecule has 3 aliphatic heterocycles. The van der Waals surface area contributed by atoms with Gasteiger partial charge in [-0.1, -0.05) is 0 Å². The first kappa shape index (κ1) is 18.7. The van der Waals surface area contributed by atoms with Gasteiger partial charge in [0.05, 0.1) is 36.4 Å². The average molecular weight is 424 g/mol. The highest BCUT2D eigenvalue weighted by Gasteiger charge is 2.95. The minimum atomic E-state index is -1.69. The van der Waals surface area contributed by atoms with Gasteiger partial charge < -0.3 is 39.4 Å². The molecule has 3 heterocycles.